The molecule has 0 saturated carbocycles. The summed E-state index contributed by atoms with van der Waals surface area (Å²) in [5.41, 5.74) is 7.25. The van der Waals surface area contributed by atoms with Crippen molar-refractivity contribution in [1.29, 1.82) is 0 Å². The predicted octanol–water partition coefficient (Wildman–Crippen LogP) is 10.5. The summed E-state index contributed by atoms with van der Waals surface area (Å²) < 4.78 is 12.5. The number of hydrogen-bond acceptors (Lipinski definition) is 11. The number of pyridine rings is 2. The largest absolute Gasteiger partial charge is 0.453 e. The van der Waals surface area contributed by atoms with Crippen LogP contribution in [0, 0.1) is 0 Å². The van der Waals surface area contributed by atoms with Crippen LogP contribution in [0.25, 0.3) is 0 Å². The summed E-state index contributed by atoms with van der Waals surface area (Å²) in [6.07, 6.45) is 8.47. The number of likely N-dealkylation sites (tertiary alicyclic amines) is 1. The van der Waals surface area contributed by atoms with E-state index in [0.717, 1.165) is 116 Å². The van der Waals surface area contributed by atoms with Crippen molar-refractivity contribution in [3.63, 3.8) is 0 Å². The topological polar surface area (TPSA) is 124 Å². The number of anilines is 4. The molecule has 6 aromatic rings. The molecule has 0 atom stereocenters. The first kappa shape index (κ1) is 48.4. The average molecular weight is 929 g/mol. The highest BCUT2D eigenvalue weighted by molar-refractivity contribution is 5.97. The Labute approximate surface area is 406 Å². The maximum absolute atomic E-state index is 13.0. The van der Waals surface area contributed by atoms with Crippen LogP contribution in [-0.4, -0.2) is 107 Å². The molecular formula is C56H64N8O5. The molecule has 4 aliphatic rings. The Bertz CT molecular complexity index is 2650. The van der Waals surface area contributed by atoms with Gasteiger partial charge >= 0.3 is 0 Å². The minimum atomic E-state index is 0.0460. The summed E-state index contributed by atoms with van der Waals surface area (Å²) in [6.45, 7) is 15.8. The molecule has 13 nitrogen and oxygen atoms in total. The van der Waals surface area contributed by atoms with Crippen LogP contribution in [0.5, 0.6) is 23.0 Å². The van der Waals surface area contributed by atoms with Crippen molar-refractivity contribution in [2.75, 3.05) is 62.2 Å². The van der Waals surface area contributed by atoms with Crippen LogP contribution >= 0.6 is 0 Å². The number of carbonyl (C=O) groups excluding carboxylic acids is 3. The average Bonchev–Trinajstić information content (AvgIpc) is 3.41. The third kappa shape index (κ3) is 11.3. The number of piperidine rings is 2. The maximum atomic E-state index is 13.0. The van der Waals surface area contributed by atoms with E-state index in [9.17, 15) is 14.4 Å². The van der Waals surface area contributed by atoms with Gasteiger partial charge in [-0.2, -0.15) is 0 Å². The highest BCUT2D eigenvalue weighted by Crippen LogP contribution is 2.50. The smallest absolute Gasteiger partial charge is 0.253 e. The molecular weight excluding hydrogens is 865 g/mol. The minimum absolute atomic E-state index is 0.0460. The van der Waals surface area contributed by atoms with Crippen molar-refractivity contribution in [2.24, 2.45) is 0 Å². The second-order valence-electron chi connectivity index (χ2n) is 17.4. The van der Waals surface area contributed by atoms with Gasteiger partial charge in [0.2, 0.25) is 0 Å². The van der Waals surface area contributed by atoms with Crippen LogP contribution in [0.15, 0.2) is 134 Å². The van der Waals surface area contributed by atoms with Gasteiger partial charge in [0.1, 0.15) is 5.69 Å². The lowest BCUT2D eigenvalue weighted by atomic mass is 9.99. The standard InChI is InChI=1S/C28H32N4O2.C22H27N3O2.C6H5NO/c1-3-31(4-2)28(33)21-12-13-25-27(19-21)34-26-11-6-5-10-24(26)32(25)23-14-17-30(18-15-23)20-22-9-7-8-16-29-22;1-3-24(4-2)22(26)16-9-10-19-21(15-16)27-20-8-6-5-7-18(20)25(19)17-11-13-23-14-12-17;8-5-6-3-1-2-4-7-6/h5-13,16,19,23H,3-4,14-15,17-18,20H2,1-2H3;5-10,15,17,23H,3-4,11-14H2,1-2H3;1-5H. The number of amides is 2. The van der Waals surface area contributed by atoms with Crippen LogP contribution in [-0.2, 0) is 6.54 Å². The zero-order valence-electron chi connectivity index (χ0n) is 40.3. The number of nitrogens with one attached hydrogen (secondary N) is 1. The molecule has 4 aromatic carbocycles. The Morgan fingerprint density at radius 2 is 1.04 bits per heavy atom. The number of benzene rings is 4. The van der Waals surface area contributed by atoms with Crippen molar-refractivity contribution >= 4 is 40.9 Å². The quantitative estimate of drug-likeness (QED) is 0.125. The van der Waals surface area contributed by atoms with E-state index < -0.39 is 0 Å². The SMILES string of the molecule is CCN(CC)C(=O)c1ccc2c(c1)Oc1ccccc1N2C1CCN(Cc2ccccn2)CC1.CCN(CC)C(=O)c1ccc2c(c1)Oc1ccccc1N2C1CCNCC1.O=Cc1ccccn1. The Hall–Kier alpha value is -7.09. The van der Waals surface area contributed by atoms with Crippen LogP contribution in [0.2, 0.25) is 0 Å². The van der Waals surface area contributed by atoms with Crippen LogP contribution in [0.3, 0.4) is 0 Å². The molecule has 13 heteroatoms. The summed E-state index contributed by atoms with van der Waals surface area (Å²) in [7, 11) is 0. The van der Waals surface area contributed by atoms with E-state index in [-0.39, 0.29) is 11.8 Å². The fourth-order valence-corrected chi connectivity index (χ4v) is 9.58. The van der Waals surface area contributed by atoms with Gasteiger partial charge in [-0.3, -0.25) is 29.3 Å². The fraction of sp³-hybridized carbons (Fsp3) is 0.339. The van der Waals surface area contributed by atoms with E-state index in [0.29, 0.717) is 55.1 Å². The third-order valence-corrected chi connectivity index (χ3v) is 13.2. The van der Waals surface area contributed by atoms with Crippen molar-refractivity contribution in [2.45, 2.75) is 72.0 Å². The first-order chi connectivity index (χ1) is 33.8. The molecule has 6 heterocycles. The highest BCUT2D eigenvalue weighted by Gasteiger charge is 2.34. The fourth-order valence-electron chi connectivity index (χ4n) is 9.58. The Kier molecular flexibility index (Phi) is 16.3. The number of nitrogens with zero attached hydrogens (tertiary/aromatic N) is 7. The molecule has 0 aliphatic carbocycles. The minimum Gasteiger partial charge on any atom is -0.453 e. The maximum Gasteiger partial charge on any atom is 0.253 e. The molecule has 0 bridgehead atoms. The summed E-state index contributed by atoms with van der Waals surface area (Å²) in [6, 6.07) is 40.3. The lowest BCUT2D eigenvalue weighted by Crippen LogP contribution is -2.43. The van der Waals surface area contributed by atoms with E-state index in [1.54, 1.807) is 24.4 Å². The summed E-state index contributed by atoms with van der Waals surface area (Å²) >= 11 is 0. The van der Waals surface area contributed by atoms with Gasteiger partial charge in [0.05, 0.1) is 28.4 Å². The number of para-hydroxylation sites is 4. The van der Waals surface area contributed by atoms with Crippen LogP contribution in [0.4, 0.5) is 22.7 Å². The van der Waals surface area contributed by atoms with E-state index in [1.807, 2.05) is 104 Å². The van der Waals surface area contributed by atoms with Gasteiger partial charge in [-0.15, -0.1) is 0 Å². The third-order valence-electron chi connectivity index (χ3n) is 13.2. The second-order valence-corrected chi connectivity index (χ2v) is 17.4. The van der Waals surface area contributed by atoms with Gasteiger partial charge in [0.15, 0.2) is 29.3 Å². The summed E-state index contributed by atoms with van der Waals surface area (Å²) in [5, 5.41) is 3.44. The van der Waals surface area contributed by atoms with Crippen molar-refractivity contribution in [3.8, 4) is 23.0 Å². The molecule has 0 spiro atoms. The summed E-state index contributed by atoms with van der Waals surface area (Å²) in [4.78, 5) is 54.9. The predicted molar refractivity (Wildman–Crippen MR) is 273 cm³/mol. The first-order valence-corrected chi connectivity index (χ1v) is 24.5. The molecule has 358 valence electrons. The lowest BCUT2D eigenvalue weighted by Gasteiger charge is -2.42. The summed E-state index contributed by atoms with van der Waals surface area (Å²) in [5.74, 6) is 3.33. The number of aromatic nitrogens is 2. The van der Waals surface area contributed by atoms with E-state index in [2.05, 4.69) is 72.4 Å². The zero-order valence-corrected chi connectivity index (χ0v) is 40.3. The van der Waals surface area contributed by atoms with Gasteiger partial charge in [0, 0.05) is 81.4 Å². The lowest BCUT2D eigenvalue weighted by molar-refractivity contribution is 0.0765. The van der Waals surface area contributed by atoms with Gasteiger partial charge in [-0.25, -0.2) is 0 Å². The Morgan fingerprint density at radius 3 is 1.49 bits per heavy atom. The first-order valence-electron chi connectivity index (χ1n) is 24.5. The number of ether oxygens (including phenoxy) is 2. The number of aldehydes is 1. The van der Waals surface area contributed by atoms with Gasteiger partial charge in [-0.1, -0.05) is 36.4 Å². The number of carbonyl (C=O) groups is 3. The van der Waals surface area contributed by atoms with Gasteiger partial charge < -0.3 is 34.4 Å². The van der Waals surface area contributed by atoms with Crippen LogP contribution in [0.1, 0.15) is 90.3 Å². The van der Waals surface area contributed by atoms with E-state index in [4.69, 9.17) is 9.47 Å². The van der Waals surface area contributed by atoms with Crippen molar-refractivity contribution < 1.29 is 23.9 Å². The van der Waals surface area contributed by atoms with Gasteiger partial charge in [-0.05, 0) is 151 Å². The molecule has 1 N–H and O–H groups in total. The van der Waals surface area contributed by atoms with Gasteiger partial charge in [0.25, 0.3) is 11.8 Å². The molecule has 0 unspecified atom stereocenters. The second kappa shape index (κ2) is 23.3. The van der Waals surface area contributed by atoms with E-state index in [1.165, 1.54) is 0 Å². The molecule has 2 fully saturated rings. The Morgan fingerprint density at radius 1 is 0.580 bits per heavy atom. The Balaban J connectivity index is 0.000000163. The molecule has 10 rings (SSSR count). The molecule has 2 aromatic heterocycles. The molecule has 2 saturated heterocycles. The zero-order chi connectivity index (χ0) is 48.1. The normalized spacial score (nSPS) is 15.2. The molecule has 2 amide bonds. The molecule has 0 radical (unpaired) electrons. The monoisotopic (exact) mass is 928 g/mol. The van der Waals surface area contributed by atoms with E-state index >= 15 is 0 Å². The van der Waals surface area contributed by atoms with Crippen molar-refractivity contribution in [1.82, 2.24) is 30.0 Å². The number of hydrogen-bond donors (Lipinski definition) is 1. The van der Waals surface area contributed by atoms with Crippen LogP contribution < -0.4 is 24.6 Å². The highest BCUT2D eigenvalue weighted by atomic mass is 16.5. The molecule has 4 aliphatic heterocycles. The van der Waals surface area contributed by atoms with Crippen molar-refractivity contribution in [3.05, 3.63) is 156 Å². The number of rotatable bonds is 11. The number of fused-ring (bicyclic) bond motifs is 4. The molecule has 69 heavy (non-hydrogen) atoms.